The number of benzene rings is 1. The van der Waals surface area contributed by atoms with E-state index in [1.807, 2.05) is 0 Å². The van der Waals surface area contributed by atoms with Gasteiger partial charge in [0.05, 0.1) is 5.41 Å². The van der Waals surface area contributed by atoms with Gasteiger partial charge in [-0.1, -0.05) is 49.6 Å². The number of hydrogen-bond donors (Lipinski definition) is 0. The third kappa shape index (κ3) is 1.95. The van der Waals surface area contributed by atoms with Gasteiger partial charge in [-0.05, 0) is 66.5 Å². The minimum atomic E-state index is -0.155. The quantitative estimate of drug-likeness (QED) is 0.661. The normalized spacial score (nSPS) is 35.9. The second-order valence-corrected chi connectivity index (χ2v) is 8.34. The van der Waals surface area contributed by atoms with Crippen molar-refractivity contribution >= 4 is 5.78 Å². The van der Waals surface area contributed by atoms with E-state index in [0.717, 1.165) is 25.2 Å². The van der Waals surface area contributed by atoms with Gasteiger partial charge in [0, 0.05) is 6.42 Å². The zero-order chi connectivity index (χ0) is 15.4. The summed E-state index contributed by atoms with van der Waals surface area (Å²) in [6, 6.07) is 7.20. The highest BCUT2D eigenvalue weighted by Crippen LogP contribution is 2.56. The van der Waals surface area contributed by atoms with Gasteiger partial charge in [-0.2, -0.15) is 0 Å². The molecule has 0 amide bonds. The van der Waals surface area contributed by atoms with Crippen LogP contribution < -0.4 is 0 Å². The molecule has 1 spiro atoms. The van der Waals surface area contributed by atoms with Crippen molar-refractivity contribution in [2.24, 2.45) is 11.8 Å². The largest absolute Gasteiger partial charge is 0.299 e. The van der Waals surface area contributed by atoms with Crippen molar-refractivity contribution in [3.05, 3.63) is 47.0 Å². The summed E-state index contributed by atoms with van der Waals surface area (Å²) in [5.74, 6) is 2.40. The van der Waals surface area contributed by atoms with Crippen LogP contribution in [-0.4, -0.2) is 5.78 Å². The molecule has 0 aromatic heterocycles. The van der Waals surface area contributed by atoms with Gasteiger partial charge in [-0.15, -0.1) is 0 Å². The van der Waals surface area contributed by atoms with Crippen LogP contribution in [-0.2, 0) is 16.6 Å². The average molecular weight is 306 g/mol. The van der Waals surface area contributed by atoms with Crippen molar-refractivity contribution in [1.29, 1.82) is 0 Å². The van der Waals surface area contributed by atoms with Crippen molar-refractivity contribution in [3.8, 4) is 0 Å². The number of Topliss-reactive ketones (excluding diaryl/α,β-unsaturated/α-hetero) is 1. The summed E-state index contributed by atoms with van der Waals surface area (Å²) in [6.07, 6.45) is 15.6. The third-order valence-electron chi connectivity index (χ3n) is 7.19. The van der Waals surface area contributed by atoms with Crippen molar-refractivity contribution < 1.29 is 4.79 Å². The van der Waals surface area contributed by atoms with E-state index in [0.29, 0.717) is 17.6 Å². The van der Waals surface area contributed by atoms with Crippen LogP contribution in [0.15, 0.2) is 30.4 Å². The number of carbonyl (C=O) groups excluding carboxylic acids is 1. The number of fused-ring (bicyclic) bond motifs is 5. The van der Waals surface area contributed by atoms with Crippen molar-refractivity contribution in [1.82, 2.24) is 0 Å². The van der Waals surface area contributed by atoms with Gasteiger partial charge in [-0.3, -0.25) is 4.79 Å². The Labute approximate surface area is 139 Å². The van der Waals surface area contributed by atoms with Gasteiger partial charge >= 0.3 is 0 Å². The lowest BCUT2D eigenvalue weighted by molar-refractivity contribution is -0.126. The maximum absolute atomic E-state index is 12.9. The molecule has 0 radical (unpaired) electrons. The molecule has 2 saturated carbocycles. The Balaban J connectivity index is 1.56. The summed E-state index contributed by atoms with van der Waals surface area (Å²) in [4.78, 5) is 12.9. The summed E-state index contributed by atoms with van der Waals surface area (Å²) in [7, 11) is 0. The molecule has 3 atom stereocenters. The molecule has 5 rings (SSSR count). The number of carbonyl (C=O) groups is 1. The van der Waals surface area contributed by atoms with Crippen LogP contribution in [0.2, 0.25) is 0 Å². The first kappa shape index (κ1) is 14.0. The highest BCUT2D eigenvalue weighted by Gasteiger charge is 2.55. The molecule has 1 aromatic carbocycles. The number of ketones is 1. The van der Waals surface area contributed by atoms with Crippen LogP contribution in [0.4, 0.5) is 0 Å². The first-order chi connectivity index (χ1) is 11.3. The first-order valence-corrected chi connectivity index (χ1v) is 9.62. The molecule has 0 aliphatic heterocycles. The predicted molar refractivity (Wildman–Crippen MR) is 92.6 cm³/mol. The van der Waals surface area contributed by atoms with Crippen molar-refractivity contribution in [2.75, 3.05) is 0 Å². The molecule has 120 valence electrons. The second kappa shape index (κ2) is 5.06. The molecule has 4 aliphatic rings. The number of aryl methyl sites for hydroxylation is 1. The Morgan fingerprint density at radius 3 is 2.61 bits per heavy atom. The summed E-state index contributed by atoms with van der Waals surface area (Å²) in [5, 5.41) is 0. The minimum Gasteiger partial charge on any atom is -0.299 e. The fourth-order valence-corrected chi connectivity index (χ4v) is 6.05. The molecule has 4 aliphatic carbocycles. The SMILES string of the molecule is O=C1CCc2cc(C3CCCCC3)ccc2C12CC1C=CC2C1. The van der Waals surface area contributed by atoms with Crippen LogP contribution in [0.1, 0.15) is 74.0 Å². The molecular weight excluding hydrogens is 280 g/mol. The number of hydrogen-bond acceptors (Lipinski definition) is 1. The van der Waals surface area contributed by atoms with Gasteiger partial charge < -0.3 is 0 Å². The molecule has 0 heterocycles. The van der Waals surface area contributed by atoms with Crippen LogP contribution in [0.3, 0.4) is 0 Å². The highest BCUT2D eigenvalue weighted by atomic mass is 16.1. The fourth-order valence-electron chi connectivity index (χ4n) is 6.05. The fraction of sp³-hybridized carbons (Fsp3) is 0.591. The van der Waals surface area contributed by atoms with Crippen LogP contribution in [0, 0.1) is 11.8 Å². The second-order valence-electron chi connectivity index (χ2n) is 8.34. The van der Waals surface area contributed by atoms with E-state index >= 15 is 0 Å². The van der Waals surface area contributed by atoms with E-state index in [1.54, 1.807) is 5.56 Å². The van der Waals surface area contributed by atoms with Gasteiger partial charge in [-0.25, -0.2) is 0 Å². The smallest absolute Gasteiger partial charge is 0.144 e. The van der Waals surface area contributed by atoms with E-state index in [1.165, 1.54) is 49.7 Å². The third-order valence-corrected chi connectivity index (χ3v) is 7.19. The Kier molecular flexibility index (Phi) is 3.08. The standard InChI is InChI=1S/C22H26O/c23-21-11-8-18-13-17(16-4-2-1-3-5-16)7-10-20(18)22(21)14-15-6-9-19(22)12-15/h6-7,9-10,13,15-16,19H,1-5,8,11-12,14H2. The molecule has 0 N–H and O–H groups in total. The molecule has 2 bridgehead atoms. The van der Waals surface area contributed by atoms with E-state index in [2.05, 4.69) is 30.4 Å². The summed E-state index contributed by atoms with van der Waals surface area (Å²) in [6.45, 7) is 0. The molecule has 2 fully saturated rings. The monoisotopic (exact) mass is 306 g/mol. The van der Waals surface area contributed by atoms with E-state index in [4.69, 9.17) is 0 Å². The zero-order valence-electron chi connectivity index (χ0n) is 13.9. The Morgan fingerprint density at radius 2 is 1.87 bits per heavy atom. The lowest BCUT2D eigenvalue weighted by Crippen LogP contribution is -2.43. The van der Waals surface area contributed by atoms with Gasteiger partial charge in [0.15, 0.2) is 0 Å². The molecular formula is C22H26O. The summed E-state index contributed by atoms with van der Waals surface area (Å²) < 4.78 is 0. The van der Waals surface area contributed by atoms with Gasteiger partial charge in [0.25, 0.3) is 0 Å². The van der Waals surface area contributed by atoms with E-state index in [-0.39, 0.29) is 5.41 Å². The molecule has 1 nitrogen and oxygen atoms in total. The van der Waals surface area contributed by atoms with E-state index < -0.39 is 0 Å². The van der Waals surface area contributed by atoms with E-state index in [9.17, 15) is 4.79 Å². The lowest BCUT2D eigenvalue weighted by Gasteiger charge is -2.40. The summed E-state index contributed by atoms with van der Waals surface area (Å²) in [5.41, 5.74) is 4.28. The zero-order valence-corrected chi connectivity index (χ0v) is 13.9. The van der Waals surface area contributed by atoms with Gasteiger partial charge in [0.1, 0.15) is 5.78 Å². The molecule has 1 aromatic rings. The molecule has 23 heavy (non-hydrogen) atoms. The average Bonchev–Trinajstić information content (AvgIpc) is 3.21. The lowest BCUT2D eigenvalue weighted by atomic mass is 9.62. The van der Waals surface area contributed by atoms with Crippen molar-refractivity contribution in [3.63, 3.8) is 0 Å². The van der Waals surface area contributed by atoms with Crippen molar-refractivity contribution in [2.45, 2.75) is 69.1 Å². The van der Waals surface area contributed by atoms with Gasteiger partial charge in [0.2, 0.25) is 0 Å². The Bertz CT molecular complexity index is 679. The number of allylic oxidation sites excluding steroid dienone is 2. The van der Waals surface area contributed by atoms with Crippen LogP contribution in [0.5, 0.6) is 0 Å². The molecule has 1 heteroatoms. The molecule has 0 saturated heterocycles. The minimum absolute atomic E-state index is 0.155. The first-order valence-electron chi connectivity index (χ1n) is 9.62. The topological polar surface area (TPSA) is 17.1 Å². The predicted octanol–water partition coefficient (Wildman–Crippen LogP) is 5.08. The number of rotatable bonds is 1. The molecule has 3 unspecified atom stereocenters. The summed E-state index contributed by atoms with van der Waals surface area (Å²) >= 11 is 0. The Hall–Kier alpha value is -1.37. The highest BCUT2D eigenvalue weighted by molar-refractivity contribution is 5.94. The maximum atomic E-state index is 12.9. The van der Waals surface area contributed by atoms with Crippen LogP contribution >= 0.6 is 0 Å². The Morgan fingerprint density at radius 1 is 1.00 bits per heavy atom. The van der Waals surface area contributed by atoms with Crippen LogP contribution in [0.25, 0.3) is 0 Å². The maximum Gasteiger partial charge on any atom is 0.144 e.